The molecule has 0 amide bonds. The van der Waals surface area contributed by atoms with Crippen molar-refractivity contribution >= 4 is 11.6 Å². The maximum absolute atomic E-state index is 5.87. The van der Waals surface area contributed by atoms with Crippen LogP contribution in [0.1, 0.15) is 24.0 Å². The Morgan fingerprint density at radius 2 is 1.70 bits per heavy atom. The largest absolute Gasteiger partial charge is 0.489 e. The zero-order chi connectivity index (χ0) is 13.8. The molecule has 0 aliphatic heterocycles. The maximum atomic E-state index is 5.87. The number of benzene rings is 2. The zero-order valence-corrected chi connectivity index (χ0v) is 12.1. The molecule has 0 bridgehead atoms. The average molecular weight is 288 g/mol. The Balaban J connectivity index is 1.62. The van der Waals surface area contributed by atoms with Crippen LogP contribution in [0.3, 0.4) is 0 Å². The number of halogens is 1. The van der Waals surface area contributed by atoms with Crippen LogP contribution in [0, 0.1) is 0 Å². The van der Waals surface area contributed by atoms with Crippen molar-refractivity contribution in [1.82, 2.24) is 5.32 Å². The highest BCUT2D eigenvalue weighted by atomic mass is 35.5. The predicted octanol–water partition coefficient (Wildman–Crippen LogP) is 4.17. The second-order valence-corrected chi connectivity index (χ2v) is 5.60. The van der Waals surface area contributed by atoms with Crippen LogP contribution in [-0.4, -0.2) is 6.04 Å². The van der Waals surface area contributed by atoms with E-state index in [4.69, 9.17) is 16.3 Å². The van der Waals surface area contributed by atoms with Crippen LogP contribution < -0.4 is 10.1 Å². The Bertz CT molecular complexity index is 563. The molecule has 2 aromatic carbocycles. The number of nitrogens with one attached hydrogen (secondary N) is 1. The smallest absolute Gasteiger partial charge is 0.119 e. The van der Waals surface area contributed by atoms with Crippen LogP contribution in [-0.2, 0) is 13.2 Å². The van der Waals surface area contributed by atoms with Crippen molar-refractivity contribution < 1.29 is 4.74 Å². The minimum atomic E-state index is 0.587. The zero-order valence-electron chi connectivity index (χ0n) is 11.3. The molecule has 0 aromatic heterocycles. The van der Waals surface area contributed by atoms with Gasteiger partial charge in [-0.2, -0.15) is 0 Å². The van der Waals surface area contributed by atoms with Crippen molar-refractivity contribution in [2.75, 3.05) is 0 Å². The summed E-state index contributed by atoms with van der Waals surface area (Å²) in [6.07, 6.45) is 2.62. The second-order valence-electron chi connectivity index (χ2n) is 5.17. The van der Waals surface area contributed by atoms with Crippen LogP contribution in [0.2, 0.25) is 5.02 Å². The van der Waals surface area contributed by atoms with Gasteiger partial charge < -0.3 is 10.1 Å². The van der Waals surface area contributed by atoms with Crippen LogP contribution in [0.4, 0.5) is 0 Å². The molecule has 20 heavy (non-hydrogen) atoms. The molecule has 0 heterocycles. The van der Waals surface area contributed by atoms with Crippen molar-refractivity contribution in [3.63, 3.8) is 0 Å². The van der Waals surface area contributed by atoms with Gasteiger partial charge >= 0.3 is 0 Å². The first-order valence-electron chi connectivity index (χ1n) is 7.00. The Labute approximate surface area is 124 Å². The molecule has 0 atom stereocenters. The van der Waals surface area contributed by atoms with Crippen molar-refractivity contribution in [3.8, 4) is 5.75 Å². The van der Waals surface area contributed by atoms with Crippen LogP contribution >= 0.6 is 11.6 Å². The molecule has 1 fully saturated rings. The highest BCUT2D eigenvalue weighted by molar-refractivity contribution is 6.30. The molecule has 0 saturated heterocycles. The topological polar surface area (TPSA) is 21.3 Å². The molecule has 1 aliphatic carbocycles. The molecule has 104 valence electrons. The molecule has 3 rings (SSSR count). The minimum absolute atomic E-state index is 0.587. The van der Waals surface area contributed by atoms with Gasteiger partial charge in [-0.15, -0.1) is 0 Å². The van der Waals surface area contributed by atoms with Crippen molar-refractivity contribution in [2.45, 2.75) is 32.0 Å². The summed E-state index contributed by atoms with van der Waals surface area (Å²) in [6, 6.07) is 16.6. The van der Waals surface area contributed by atoms with E-state index in [9.17, 15) is 0 Å². The van der Waals surface area contributed by atoms with Gasteiger partial charge in [-0.1, -0.05) is 35.9 Å². The summed E-state index contributed by atoms with van der Waals surface area (Å²) in [5.74, 6) is 0.847. The molecule has 0 unspecified atom stereocenters. The monoisotopic (exact) mass is 287 g/mol. The minimum Gasteiger partial charge on any atom is -0.489 e. The van der Waals surface area contributed by atoms with E-state index in [1.165, 1.54) is 24.0 Å². The summed E-state index contributed by atoms with van der Waals surface area (Å²) in [6.45, 7) is 1.51. The highest BCUT2D eigenvalue weighted by Gasteiger charge is 2.20. The van der Waals surface area contributed by atoms with E-state index in [-0.39, 0.29) is 0 Å². The molecule has 0 spiro atoms. The van der Waals surface area contributed by atoms with Gasteiger partial charge in [0.05, 0.1) is 0 Å². The first kappa shape index (κ1) is 13.5. The molecule has 1 aliphatic rings. The molecule has 1 N–H and O–H groups in total. The van der Waals surface area contributed by atoms with Crippen LogP contribution in [0.25, 0.3) is 0 Å². The lowest BCUT2D eigenvalue weighted by molar-refractivity contribution is 0.304. The van der Waals surface area contributed by atoms with Crippen LogP contribution in [0.15, 0.2) is 48.5 Å². The summed E-state index contributed by atoms with van der Waals surface area (Å²) in [7, 11) is 0. The highest BCUT2D eigenvalue weighted by Crippen LogP contribution is 2.21. The summed E-state index contributed by atoms with van der Waals surface area (Å²) >= 11 is 5.87. The lowest BCUT2D eigenvalue weighted by atomic mass is 10.1. The fraction of sp³-hybridized carbons (Fsp3) is 0.294. The normalized spacial score (nSPS) is 14.2. The van der Waals surface area contributed by atoms with Gasteiger partial charge in [0.25, 0.3) is 0 Å². The van der Waals surface area contributed by atoms with Gasteiger partial charge in [0, 0.05) is 17.6 Å². The lowest BCUT2D eigenvalue weighted by Crippen LogP contribution is -2.16. The fourth-order valence-corrected chi connectivity index (χ4v) is 2.23. The third kappa shape index (κ3) is 3.75. The Hall–Kier alpha value is -1.51. The molecule has 0 radical (unpaired) electrons. The molecule has 3 heteroatoms. The van der Waals surface area contributed by atoms with E-state index < -0.39 is 0 Å². The number of hydrogen-bond donors (Lipinski definition) is 1. The second kappa shape index (κ2) is 6.29. The van der Waals surface area contributed by atoms with Gasteiger partial charge in [-0.05, 0) is 48.2 Å². The van der Waals surface area contributed by atoms with Crippen LogP contribution in [0.5, 0.6) is 5.75 Å². The van der Waals surface area contributed by atoms with E-state index in [0.717, 1.165) is 23.4 Å². The SMILES string of the molecule is Clc1ccc(OCc2ccccc2CNC2CC2)cc1. The summed E-state index contributed by atoms with van der Waals surface area (Å²) in [5, 5.41) is 4.27. The summed E-state index contributed by atoms with van der Waals surface area (Å²) < 4.78 is 5.82. The Morgan fingerprint density at radius 3 is 2.40 bits per heavy atom. The average Bonchev–Trinajstić information content (AvgIpc) is 3.30. The summed E-state index contributed by atoms with van der Waals surface area (Å²) in [4.78, 5) is 0. The first-order valence-corrected chi connectivity index (χ1v) is 7.37. The van der Waals surface area contributed by atoms with E-state index in [1.807, 2.05) is 24.3 Å². The van der Waals surface area contributed by atoms with Gasteiger partial charge in [0.1, 0.15) is 12.4 Å². The van der Waals surface area contributed by atoms with Gasteiger partial charge in [0.15, 0.2) is 0 Å². The third-order valence-electron chi connectivity index (χ3n) is 3.48. The maximum Gasteiger partial charge on any atom is 0.119 e. The van der Waals surface area contributed by atoms with E-state index in [0.29, 0.717) is 6.61 Å². The first-order chi connectivity index (χ1) is 9.81. The molecule has 1 saturated carbocycles. The number of ether oxygens (including phenoxy) is 1. The van der Waals surface area contributed by atoms with E-state index in [2.05, 4.69) is 29.6 Å². The van der Waals surface area contributed by atoms with E-state index in [1.54, 1.807) is 0 Å². The third-order valence-corrected chi connectivity index (χ3v) is 3.74. The van der Waals surface area contributed by atoms with Gasteiger partial charge in [0.2, 0.25) is 0 Å². The molecule has 2 aromatic rings. The molecular weight excluding hydrogens is 270 g/mol. The Morgan fingerprint density at radius 1 is 1.00 bits per heavy atom. The van der Waals surface area contributed by atoms with E-state index >= 15 is 0 Å². The Kier molecular flexibility index (Phi) is 4.24. The molecule has 2 nitrogen and oxygen atoms in total. The van der Waals surface area contributed by atoms with Crippen molar-refractivity contribution in [1.29, 1.82) is 0 Å². The summed E-state index contributed by atoms with van der Waals surface area (Å²) in [5.41, 5.74) is 2.55. The number of rotatable bonds is 6. The van der Waals surface area contributed by atoms with Gasteiger partial charge in [-0.25, -0.2) is 0 Å². The quantitative estimate of drug-likeness (QED) is 0.861. The lowest BCUT2D eigenvalue weighted by Gasteiger charge is -2.11. The number of hydrogen-bond acceptors (Lipinski definition) is 2. The molecular formula is C17H18ClNO. The predicted molar refractivity (Wildman–Crippen MR) is 82.1 cm³/mol. The van der Waals surface area contributed by atoms with Crippen molar-refractivity contribution in [2.24, 2.45) is 0 Å². The standard InChI is InChI=1S/C17H18ClNO/c18-15-5-9-17(10-6-15)20-12-14-4-2-1-3-13(14)11-19-16-7-8-16/h1-6,9-10,16,19H,7-8,11-12H2. The fourth-order valence-electron chi connectivity index (χ4n) is 2.10. The van der Waals surface area contributed by atoms with Gasteiger partial charge in [-0.3, -0.25) is 0 Å². The van der Waals surface area contributed by atoms with Crippen molar-refractivity contribution in [3.05, 3.63) is 64.7 Å².